The minimum Gasteiger partial charge on any atom is -0.386 e. The lowest BCUT2D eigenvalue weighted by molar-refractivity contribution is 0.756. The molecule has 0 saturated carbocycles. The van der Waals surface area contributed by atoms with Crippen LogP contribution in [0.25, 0.3) is 0 Å². The number of nitrogens with zero attached hydrogens (tertiary/aromatic N) is 4. The average Bonchev–Trinajstić information content (AvgIpc) is 2.47. The lowest BCUT2D eigenvalue weighted by Crippen LogP contribution is -2.17. The Morgan fingerprint density at radius 3 is 2.64 bits per heavy atom. The third-order valence-electron chi connectivity index (χ3n) is 2.24. The fraction of sp³-hybridized carbons (Fsp3) is 0.444. The fourth-order valence-electron chi connectivity index (χ4n) is 1.54. The molecule has 14 heavy (non-hydrogen) atoms. The van der Waals surface area contributed by atoms with Crippen molar-refractivity contribution in [2.24, 2.45) is 23.0 Å². The zero-order chi connectivity index (χ0) is 10.1. The van der Waals surface area contributed by atoms with E-state index in [9.17, 15) is 0 Å². The Labute approximate surface area is 82.3 Å². The van der Waals surface area contributed by atoms with Gasteiger partial charge in [-0.3, -0.25) is 4.68 Å². The molecule has 0 unspecified atom stereocenters. The Morgan fingerprint density at radius 1 is 1.36 bits per heavy atom. The van der Waals surface area contributed by atoms with Gasteiger partial charge in [0, 0.05) is 25.2 Å². The molecule has 0 aliphatic carbocycles. The van der Waals surface area contributed by atoms with E-state index in [4.69, 9.17) is 5.73 Å². The van der Waals surface area contributed by atoms with E-state index in [1.807, 2.05) is 20.2 Å². The van der Waals surface area contributed by atoms with Crippen molar-refractivity contribution < 1.29 is 0 Å². The average molecular weight is 191 g/mol. The Kier molecular flexibility index (Phi) is 2.07. The smallest absolute Gasteiger partial charge is 0.122 e. The van der Waals surface area contributed by atoms with Gasteiger partial charge in [0.1, 0.15) is 5.84 Å². The molecule has 5 nitrogen and oxygen atoms in total. The van der Waals surface area contributed by atoms with Gasteiger partial charge in [0.15, 0.2) is 0 Å². The monoisotopic (exact) mass is 191 g/mol. The summed E-state index contributed by atoms with van der Waals surface area (Å²) in [5, 5.41) is 12.2. The number of hydrogen-bond acceptors (Lipinski definition) is 4. The fourth-order valence-corrected chi connectivity index (χ4v) is 1.54. The van der Waals surface area contributed by atoms with Crippen molar-refractivity contribution in [3.63, 3.8) is 0 Å². The molecule has 0 amide bonds. The van der Waals surface area contributed by atoms with Crippen LogP contribution < -0.4 is 5.73 Å². The largest absolute Gasteiger partial charge is 0.386 e. The van der Waals surface area contributed by atoms with Crippen LogP contribution in [0, 0.1) is 6.92 Å². The van der Waals surface area contributed by atoms with E-state index < -0.39 is 0 Å². The number of hydrogen-bond donors (Lipinski definition) is 1. The van der Waals surface area contributed by atoms with Crippen LogP contribution in [-0.4, -0.2) is 21.3 Å². The lowest BCUT2D eigenvalue weighted by Gasteiger charge is -2.07. The van der Waals surface area contributed by atoms with Crippen molar-refractivity contribution in [1.29, 1.82) is 0 Å². The second-order valence-corrected chi connectivity index (χ2v) is 3.44. The predicted octanol–water partition coefficient (Wildman–Crippen LogP) is 0.584. The van der Waals surface area contributed by atoms with Gasteiger partial charge in [0.25, 0.3) is 0 Å². The number of amidine groups is 1. The van der Waals surface area contributed by atoms with Gasteiger partial charge < -0.3 is 5.73 Å². The highest BCUT2D eigenvalue weighted by Crippen LogP contribution is 2.13. The summed E-state index contributed by atoms with van der Waals surface area (Å²) < 4.78 is 1.79. The molecule has 1 aliphatic rings. The van der Waals surface area contributed by atoms with E-state index in [1.54, 1.807) is 4.68 Å². The number of aromatic nitrogens is 2. The highest BCUT2D eigenvalue weighted by molar-refractivity contribution is 6.04. The first-order valence-corrected chi connectivity index (χ1v) is 4.56. The van der Waals surface area contributed by atoms with Crippen LogP contribution in [0.1, 0.15) is 24.1 Å². The number of nitrogens with two attached hydrogens (primary N) is 1. The molecule has 2 heterocycles. The summed E-state index contributed by atoms with van der Waals surface area (Å²) in [6.45, 7) is 1.97. The molecule has 5 heteroatoms. The molecule has 2 rings (SSSR count). The van der Waals surface area contributed by atoms with E-state index in [0.29, 0.717) is 5.84 Å². The Morgan fingerprint density at radius 2 is 2.14 bits per heavy atom. The summed E-state index contributed by atoms with van der Waals surface area (Å²) >= 11 is 0. The van der Waals surface area contributed by atoms with Crippen LogP contribution in [0.5, 0.6) is 0 Å². The maximum atomic E-state index is 5.54. The van der Waals surface area contributed by atoms with Crippen LogP contribution >= 0.6 is 0 Å². The van der Waals surface area contributed by atoms with E-state index in [-0.39, 0.29) is 0 Å². The summed E-state index contributed by atoms with van der Waals surface area (Å²) in [5.74, 6) is 0.607. The van der Waals surface area contributed by atoms with Crippen LogP contribution in [-0.2, 0) is 7.05 Å². The molecule has 0 aromatic carbocycles. The Hall–Kier alpha value is -1.65. The third kappa shape index (κ3) is 1.53. The maximum Gasteiger partial charge on any atom is 0.122 e. The maximum absolute atomic E-state index is 5.54. The number of aryl methyl sites for hydroxylation is 2. The van der Waals surface area contributed by atoms with Crippen molar-refractivity contribution in [2.45, 2.75) is 19.8 Å². The quantitative estimate of drug-likeness (QED) is 0.705. The van der Waals surface area contributed by atoms with Gasteiger partial charge in [-0.15, -0.1) is 5.10 Å². The molecule has 1 aromatic heterocycles. The molecule has 2 N–H and O–H groups in total. The zero-order valence-electron chi connectivity index (χ0n) is 8.36. The van der Waals surface area contributed by atoms with Gasteiger partial charge in [-0.05, 0) is 13.3 Å². The minimum absolute atomic E-state index is 0.607. The molecular weight excluding hydrogens is 178 g/mol. The van der Waals surface area contributed by atoms with Crippen molar-refractivity contribution in [2.75, 3.05) is 0 Å². The van der Waals surface area contributed by atoms with Crippen LogP contribution in [0.2, 0.25) is 0 Å². The summed E-state index contributed by atoms with van der Waals surface area (Å²) in [6.07, 6.45) is 3.60. The summed E-state index contributed by atoms with van der Waals surface area (Å²) in [5.41, 5.74) is 8.58. The molecule has 0 saturated heterocycles. The van der Waals surface area contributed by atoms with E-state index in [0.717, 1.165) is 29.8 Å². The van der Waals surface area contributed by atoms with Crippen LogP contribution in [0.4, 0.5) is 0 Å². The van der Waals surface area contributed by atoms with Crippen LogP contribution in [0.15, 0.2) is 16.4 Å². The second-order valence-electron chi connectivity index (χ2n) is 3.44. The SMILES string of the molecule is Cc1nn(C)cc1C1=NN=C(N)CC1. The Balaban J connectivity index is 2.36. The molecule has 0 atom stereocenters. The highest BCUT2D eigenvalue weighted by Gasteiger charge is 2.13. The van der Waals surface area contributed by atoms with Crippen molar-refractivity contribution in [3.8, 4) is 0 Å². The van der Waals surface area contributed by atoms with Crippen LogP contribution in [0.3, 0.4) is 0 Å². The zero-order valence-corrected chi connectivity index (χ0v) is 8.36. The molecule has 74 valence electrons. The van der Waals surface area contributed by atoms with Crippen molar-refractivity contribution in [3.05, 3.63) is 17.5 Å². The van der Waals surface area contributed by atoms with E-state index in [1.165, 1.54) is 0 Å². The first-order valence-electron chi connectivity index (χ1n) is 4.56. The molecular formula is C9H13N5. The topological polar surface area (TPSA) is 68.6 Å². The molecule has 1 aliphatic heterocycles. The number of rotatable bonds is 1. The van der Waals surface area contributed by atoms with E-state index >= 15 is 0 Å². The minimum atomic E-state index is 0.607. The Bertz CT molecular complexity index is 413. The molecule has 0 spiro atoms. The molecule has 0 fully saturated rings. The normalized spacial score (nSPS) is 16.4. The van der Waals surface area contributed by atoms with Gasteiger partial charge in [-0.2, -0.15) is 10.2 Å². The summed E-state index contributed by atoms with van der Waals surface area (Å²) in [7, 11) is 1.90. The van der Waals surface area contributed by atoms with Gasteiger partial charge in [-0.1, -0.05) is 0 Å². The standard InChI is InChI=1S/C9H13N5/c1-6-7(5-14(2)13-6)8-3-4-9(10)12-11-8/h5H,3-4H2,1-2H3,(H2,10,12). The van der Waals surface area contributed by atoms with Gasteiger partial charge in [0.2, 0.25) is 0 Å². The molecule has 0 bridgehead atoms. The second kappa shape index (κ2) is 3.25. The highest BCUT2D eigenvalue weighted by atomic mass is 15.3. The first kappa shape index (κ1) is 8.93. The lowest BCUT2D eigenvalue weighted by atomic mass is 10.1. The van der Waals surface area contributed by atoms with Gasteiger partial charge in [-0.25, -0.2) is 0 Å². The third-order valence-corrected chi connectivity index (χ3v) is 2.24. The summed E-state index contributed by atoms with van der Waals surface area (Å²) in [6, 6.07) is 0. The van der Waals surface area contributed by atoms with Crippen molar-refractivity contribution >= 4 is 11.5 Å². The molecule has 0 radical (unpaired) electrons. The van der Waals surface area contributed by atoms with Crippen molar-refractivity contribution in [1.82, 2.24) is 9.78 Å². The van der Waals surface area contributed by atoms with Gasteiger partial charge in [0.05, 0.1) is 11.4 Å². The predicted molar refractivity (Wildman–Crippen MR) is 55.3 cm³/mol. The van der Waals surface area contributed by atoms with Gasteiger partial charge >= 0.3 is 0 Å². The van der Waals surface area contributed by atoms with E-state index in [2.05, 4.69) is 15.3 Å². The first-order chi connectivity index (χ1) is 6.66. The molecule has 1 aromatic rings. The summed E-state index contributed by atoms with van der Waals surface area (Å²) in [4.78, 5) is 0.